The third-order valence-corrected chi connectivity index (χ3v) is 3.76. The number of ketones is 1. The number of nitrogens with zero attached hydrogens (tertiary/aromatic N) is 3. The first kappa shape index (κ1) is 13.9. The van der Waals surface area contributed by atoms with Gasteiger partial charge in [0.25, 0.3) is 0 Å². The van der Waals surface area contributed by atoms with Gasteiger partial charge in [-0.15, -0.1) is 0 Å². The number of anilines is 2. The molecule has 0 fully saturated rings. The standard InChI is InChI=1S/C15H13ClFN3O/c1-2-12-13(21)7-9-8-18-15(16)19-14(9)20(12)11-5-3-10(17)4-6-11/h3-6,8,12H,2,7H2,1H3. The summed E-state index contributed by atoms with van der Waals surface area (Å²) < 4.78 is 13.1. The Labute approximate surface area is 126 Å². The highest BCUT2D eigenvalue weighted by atomic mass is 35.5. The fourth-order valence-corrected chi connectivity index (χ4v) is 2.75. The Kier molecular flexibility index (Phi) is 3.59. The summed E-state index contributed by atoms with van der Waals surface area (Å²) in [7, 11) is 0. The van der Waals surface area contributed by atoms with Crippen molar-refractivity contribution >= 4 is 28.9 Å². The van der Waals surface area contributed by atoms with Gasteiger partial charge in [-0.1, -0.05) is 6.92 Å². The van der Waals surface area contributed by atoms with Gasteiger partial charge < -0.3 is 4.90 Å². The van der Waals surface area contributed by atoms with Gasteiger partial charge in [0.1, 0.15) is 11.6 Å². The molecule has 1 aliphatic rings. The quantitative estimate of drug-likeness (QED) is 0.799. The predicted molar refractivity (Wildman–Crippen MR) is 78.4 cm³/mol. The summed E-state index contributed by atoms with van der Waals surface area (Å²) in [4.78, 5) is 22.3. The summed E-state index contributed by atoms with van der Waals surface area (Å²) in [6.07, 6.45) is 2.50. The molecule has 0 saturated carbocycles. The van der Waals surface area contributed by atoms with Crippen molar-refractivity contribution < 1.29 is 9.18 Å². The maximum Gasteiger partial charge on any atom is 0.224 e. The first-order chi connectivity index (χ1) is 10.1. The normalized spacial score (nSPS) is 17.8. The molecule has 0 N–H and O–H groups in total. The molecule has 0 radical (unpaired) electrons. The van der Waals surface area contributed by atoms with Crippen molar-refractivity contribution in [3.05, 3.63) is 47.1 Å². The topological polar surface area (TPSA) is 46.1 Å². The number of fused-ring (bicyclic) bond motifs is 1. The lowest BCUT2D eigenvalue weighted by Crippen LogP contribution is -2.43. The Morgan fingerprint density at radius 1 is 1.38 bits per heavy atom. The molecule has 2 aromatic rings. The zero-order valence-corrected chi connectivity index (χ0v) is 12.1. The molecule has 0 amide bonds. The third kappa shape index (κ3) is 2.49. The van der Waals surface area contributed by atoms with E-state index in [1.807, 2.05) is 11.8 Å². The highest BCUT2D eigenvalue weighted by Gasteiger charge is 2.34. The lowest BCUT2D eigenvalue weighted by atomic mass is 9.95. The molecule has 3 rings (SSSR count). The first-order valence-electron chi connectivity index (χ1n) is 6.69. The van der Waals surface area contributed by atoms with Crippen molar-refractivity contribution in [2.24, 2.45) is 0 Å². The summed E-state index contributed by atoms with van der Waals surface area (Å²) in [5.74, 6) is 0.393. The van der Waals surface area contributed by atoms with Gasteiger partial charge in [-0.2, -0.15) is 4.98 Å². The van der Waals surface area contributed by atoms with Crippen molar-refractivity contribution in [2.45, 2.75) is 25.8 Å². The van der Waals surface area contributed by atoms with E-state index in [1.54, 1.807) is 18.3 Å². The number of hydrogen-bond donors (Lipinski definition) is 0. The van der Waals surface area contributed by atoms with Crippen LogP contribution < -0.4 is 4.90 Å². The molecule has 1 aliphatic heterocycles. The minimum atomic E-state index is -0.325. The van der Waals surface area contributed by atoms with Crippen molar-refractivity contribution in [1.29, 1.82) is 0 Å². The lowest BCUT2D eigenvalue weighted by molar-refractivity contribution is -0.120. The molecule has 1 atom stereocenters. The van der Waals surface area contributed by atoms with Crippen LogP contribution in [0.25, 0.3) is 0 Å². The molecule has 21 heavy (non-hydrogen) atoms. The molecule has 4 nitrogen and oxygen atoms in total. The fourth-order valence-electron chi connectivity index (χ4n) is 2.62. The Morgan fingerprint density at radius 2 is 2.10 bits per heavy atom. The van der Waals surface area contributed by atoms with E-state index in [1.165, 1.54) is 12.1 Å². The van der Waals surface area contributed by atoms with Gasteiger partial charge in [0.2, 0.25) is 5.28 Å². The number of halogens is 2. The zero-order chi connectivity index (χ0) is 15.0. The van der Waals surface area contributed by atoms with Crippen LogP contribution >= 0.6 is 11.6 Å². The SMILES string of the molecule is CCC1C(=O)Cc2cnc(Cl)nc2N1c1ccc(F)cc1. The highest BCUT2D eigenvalue weighted by molar-refractivity contribution is 6.28. The van der Waals surface area contributed by atoms with Crippen LogP contribution in [0.15, 0.2) is 30.5 Å². The second-order valence-electron chi connectivity index (χ2n) is 4.90. The highest BCUT2D eigenvalue weighted by Crippen LogP contribution is 2.35. The Balaban J connectivity index is 2.16. The van der Waals surface area contributed by atoms with Gasteiger partial charge in [-0.25, -0.2) is 9.37 Å². The van der Waals surface area contributed by atoms with Crippen LogP contribution in [-0.2, 0) is 11.2 Å². The molecule has 1 aromatic carbocycles. The smallest absolute Gasteiger partial charge is 0.224 e. The minimum Gasteiger partial charge on any atom is -0.315 e. The van der Waals surface area contributed by atoms with Gasteiger partial charge in [-0.05, 0) is 42.3 Å². The Hall–Kier alpha value is -2.01. The van der Waals surface area contributed by atoms with Crippen molar-refractivity contribution in [2.75, 3.05) is 4.90 Å². The van der Waals surface area contributed by atoms with E-state index in [9.17, 15) is 9.18 Å². The fraction of sp³-hybridized carbons (Fsp3) is 0.267. The van der Waals surface area contributed by atoms with Crippen LogP contribution in [0.5, 0.6) is 0 Å². The molecule has 1 aromatic heterocycles. The minimum absolute atomic E-state index is 0.0975. The molecule has 108 valence electrons. The lowest BCUT2D eigenvalue weighted by Gasteiger charge is -2.36. The largest absolute Gasteiger partial charge is 0.315 e. The molecular formula is C15H13ClFN3O. The van der Waals surface area contributed by atoms with Crippen LogP contribution in [0, 0.1) is 5.82 Å². The molecule has 0 aliphatic carbocycles. The van der Waals surface area contributed by atoms with Crippen molar-refractivity contribution in [3.63, 3.8) is 0 Å². The molecule has 0 spiro atoms. The van der Waals surface area contributed by atoms with E-state index in [0.29, 0.717) is 24.3 Å². The van der Waals surface area contributed by atoms with Gasteiger partial charge >= 0.3 is 0 Å². The number of Topliss-reactive ketones (excluding diaryl/α,β-unsaturated/α-hetero) is 1. The van der Waals surface area contributed by atoms with Crippen LogP contribution in [0.2, 0.25) is 5.28 Å². The van der Waals surface area contributed by atoms with Gasteiger partial charge in [-0.3, -0.25) is 4.79 Å². The number of benzene rings is 1. The Bertz CT molecular complexity index is 690. The van der Waals surface area contributed by atoms with Crippen molar-refractivity contribution in [1.82, 2.24) is 9.97 Å². The van der Waals surface area contributed by atoms with Crippen molar-refractivity contribution in [3.8, 4) is 0 Å². The average molecular weight is 306 g/mol. The second-order valence-corrected chi connectivity index (χ2v) is 5.24. The van der Waals surface area contributed by atoms with E-state index in [2.05, 4.69) is 9.97 Å². The van der Waals surface area contributed by atoms with E-state index >= 15 is 0 Å². The maximum absolute atomic E-state index is 13.1. The number of aromatic nitrogens is 2. The van der Waals surface area contributed by atoms with E-state index in [0.717, 1.165) is 5.56 Å². The monoisotopic (exact) mass is 305 g/mol. The molecular weight excluding hydrogens is 293 g/mol. The molecule has 2 heterocycles. The second kappa shape index (κ2) is 5.41. The zero-order valence-electron chi connectivity index (χ0n) is 11.4. The summed E-state index contributed by atoms with van der Waals surface area (Å²) in [5.41, 5.74) is 1.45. The van der Waals surface area contributed by atoms with Crippen LogP contribution in [-0.4, -0.2) is 21.8 Å². The molecule has 0 saturated heterocycles. The first-order valence-corrected chi connectivity index (χ1v) is 7.07. The molecule has 0 bridgehead atoms. The maximum atomic E-state index is 13.1. The number of hydrogen-bond acceptors (Lipinski definition) is 4. The summed E-state index contributed by atoms with van der Waals surface area (Å²) in [6.45, 7) is 1.94. The van der Waals surface area contributed by atoms with Crippen LogP contribution in [0.1, 0.15) is 18.9 Å². The average Bonchev–Trinajstić information content (AvgIpc) is 2.47. The van der Waals surface area contributed by atoms with Gasteiger partial charge in [0.15, 0.2) is 5.78 Å². The van der Waals surface area contributed by atoms with E-state index in [-0.39, 0.29) is 22.9 Å². The summed E-state index contributed by atoms with van der Waals surface area (Å²) in [5, 5.41) is 0.130. The van der Waals surface area contributed by atoms with Gasteiger partial charge in [0.05, 0.1) is 6.04 Å². The number of carbonyl (C=O) groups is 1. The molecule has 1 unspecified atom stereocenters. The van der Waals surface area contributed by atoms with E-state index < -0.39 is 0 Å². The predicted octanol–water partition coefficient (Wildman–Crippen LogP) is 3.31. The van der Waals surface area contributed by atoms with Crippen LogP contribution in [0.3, 0.4) is 0 Å². The number of rotatable bonds is 2. The Morgan fingerprint density at radius 3 is 2.76 bits per heavy atom. The van der Waals surface area contributed by atoms with Crippen LogP contribution in [0.4, 0.5) is 15.9 Å². The van der Waals surface area contributed by atoms with E-state index in [4.69, 9.17) is 11.6 Å². The van der Waals surface area contributed by atoms with Gasteiger partial charge in [0, 0.05) is 23.9 Å². The number of carbonyl (C=O) groups excluding carboxylic acids is 1. The third-order valence-electron chi connectivity index (χ3n) is 3.58. The summed E-state index contributed by atoms with van der Waals surface area (Å²) >= 11 is 5.89. The summed E-state index contributed by atoms with van der Waals surface area (Å²) in [6, 6.07) is 5.67. The molecule has 6 heteroatoms.